The van der Waals surface area contributed by atoms with Crippen LogP contribution < -0.4 is 5.32 Å². The Hall–Kier alpha value is -2.76. The van der Waals surface area contributed by atoms with E-state index in [1.165, 1.54) is 12.3 Å². The lowest BCUT2D eigenvalue weighted by Crippen LogP contribution is -2.34. The van der Waals surface area contributed by atoms with E-state index >= 15 is 0 Å². The molecule has 6 nitrogen and oxygen atoms in total. The topological polar surface area (TPSA) is 92.2 Å². The molecule has 6 heteroatoms. The molecule has 1 atom stereocenters. The van der Waals surface area contributed by atoms with Crippen molar-refractivity contribution in [2.45, 2.75) is 24.8 Å². The van der Waals surface area contributed by atoms with Crippen LogP contribution in [0.15, 0.2) is 42.6 Å². The Bertz CT molecular complexity index is 699. The maximum atomic E-state index is 12.3. The van der Waals surface area contributed by atoms with Crippen molar-refractivity contribution in [1.82, 2.24) is 15.3 Å². The molecule has 1 amide bonds. The molecule has 1 fully saturated rings. The summed E-state index contributed by atoms with van der Waals surface area (Å²) in [6.07, 6.45) is 3.60. The second-order valence-electron chi connectivity index (χ2n) is 5.23. The Morgan fingerprint density at radius 1 is 1.18 bits per heavy atom. The van der Waals surface area contributed by atoms with Crippen LogP contribution in [0.25, 0.3) is 0 Å². The number of benzene rings is 1. The van der Waals surface area contributed by atoms with Crippen molar-refractivity contribution in [2.24, 2.45) is 0 Å². The highest BCUT2D eigenvalue weighted by molar-refractivity contribution is 5.95. The summed E-state index contributed by atoms with van der Waals surface area (Å²) in [5.74, 6) is -0.645. The van der Waals surface area contributed by atoms with Gasteiger partial charge in [-0.3, -0.25) is 4.79 Å². The molecular weight excluding hydrogens is 282 g/mol. The third-order valence-electron chi connectivity index (χ3n) is 3.50. The van der Waals surface area contributed by atoms with Crippen molar-refractivity contribution < 1.29 is 14.7 Å². The maximum Gasteiger partial charge on any atom is 0.330 e. The summed E-state index contributed by atoms with van der Waals surface area (Å²) in [4.78, 5) is 32.0. The Labute approximate surface area is 127 Å². The van der Waals surface area contributed by atoms with Gasteiger partial charge in [0.05, 0.1) is 0 Å². The molecule has 0 radical (unpaired) electrons. The Balaban J connectivity index is 1.79. The van der Waals surface area contributed by atoms with Gasteiger partial charge in [0, 0.05) is 12.1 Å². The van der Waals surface area contributed by atoms with Crippen LogP contribution in [0, 0.1) is 0 Å². The van der Waals surface area contributed by atoms with Gasteiger partial charge in [0.1, 0.15) is 11.5 Å². The van der Waals surface area contributed by atoms with Gasteiger partial charge < -0.3 is 10.4 Å². The first kappa shape index (κ1) is 14.2. The van der Waals surface area contributed by atoms with Crippen molar-refractivity contribution in [3.8, 4) is 0 Å². The highest BCUT2D eigenvalue weighted by Gasteiger charge is 2.28. The number of aliphatic carboxylic acids is 1. The van der Waals surface area contributed by atoms with Gasteiger partial charge in [-0.15, -0.1) is 0 Å². The van der Waals surface area contributed by atoms with Gasteiger partial charge in [0.2, 0.25) is 0 Å². The molecule has 1 saturated carbocycles. The first-order valence-corrected chi connectivity index (χ1v) is 7.06. The van der Waals surface area contributed by atoms with E-state index in [4.69, 9.17) is 0 Å². The van der Waals surface area contributed by atoms with Gasteiger partial charge in [0.25, 0.3) is 5.91 Å². The number of carbonyl (C=O) groups excluding carboxylic acids is 1. The predicted molar refractivity (Wildman–Crippen MR) is 78.3 cm³/mol. The minimum atomic E-state index is -1.11. The summed E-state index contributed by atoms with van der Waals surface area (Å²) in [6, 6.07) is 8.96. The normalized spacial score (nSPS) is 15.1. The van der Waals surface area contributed by atoms with E-state index in [-0.39, 0.29) is 5.69 Å². The van der Waals surface area contributed by atoms with E-state index in [1.54, 1.807) is 30.3 Å². The number of hydrogen-bond donors (Lipinski definition) is 2. The first-order chi connectivity index (χ1) is 10.6. The van der Waals surface area contributed by atoms with Gasteiger partial charge in [-0.1, -0.05) is 30.3 Å². The van der Waals surface area contributed by atoms with Crippen LogP contribution in [0.3, 0.4) is 0 Å². The van der Waals surface area contributed by atoms with Crippen LogP contribution in [0.4, 0.5) is 0 Å². The van der Waals surface area contributed by atoms with Crippen LogP contribution in [-0.2, 0) is 4.79 Å². The fourth-order valence-electron chi connectivity index (χ4n) is 2.18. The molecule has 3 rings (SSSR count). The summed E-state index contributed by atoms with van der Waals surface area (Å²) < 4.78 is 0. The SMILES string of the molecule is O=C(NC(C(=O)O)c1ccccc1)c1ccnc(C2CC2)n1. The minimum Gasteiger partial charge on any atom is -0.479 e. The fraction of sp³-hybridized carbons (Fsp3) is 0.250. The lowest BCUT2D eigenvalue weighted by Gasteiger charge is -2.14. The second-order valence-corrected chi connectivity index (χ2v) is 5.23. The molecule has 112 valence electrons. The largest absolute Gasteiger partial charge is 0.479 e. The van der Waals surface area contributed by atoms with E-state index in [0.717, 1.165) is 12.8 Å². The second kappa shape index (κ2) is 5.93. The number of carbonyl (C=O) groups is 2. The smallest absolute Gasteiger partial charge is 0.330 e. The highest BCUT2D eigenvalue weighted by atomic mass is 16.4. The van der Waals surface area contributed by atoms with E-state index in [0.29, 0.717) is 17.3 Å². The average molecular weight is 297 g/mol. The molecule has 0 bridgehead atoms. The number of amides is 1. The predicted octanol–water partition coefficient (Wildman–Crippen LogP) is 1.91. The van der Waals surface area contributed by atoms with E-state index < -0.39 is 17.9 Å². The molecule has 22 heavy (non-hydrogen) atoms. The molecule has 2 N–H and O–H groups in total. The fourth-order valence-corrected chi connectivity index (χ4v) is 2.18. The van der Waals surface area contributed by atoms with Crippen molar-refractivity contribution in [2.75, 3.05) is 0 Å². The summed E-state index contributed by atoms with van der Waals surface area (Å²) in [6.45, 7) is 0. The van der Waals surface area contributed by atoms with E-state index in [1.807, 2.05) is 0 Å². The third kappa shape index (κ3) is 3.11. The molecule has 2 aromatic rings. The molecule has 1 aromatic carbocycles. The number of hydrogen-bond acceptors (Lipinski definition) is 4. The van der Waals surface area contributed by atoms with Crippen molar-refractivity contribution in [3.63, 3.8) is 0 Å². The molecule has 0 saturated heterocycles. The molecule has 0 aliphatic heterocycles. The maximum absolute atomic E-state index is 12.3. The number of aromatic nitrogens is 2. The third-order valence-corrected chi connectivity index (χ3v) is 3.50. The zero-order chi connectivity index (χ0) is 15.5. The zero-order valence-corrected chi connectivity index (χ0v) is 11.8. The molecule has 0 spiro atoms. The standard InChI is InChI=1S/C16H15N3O3/c20-15(12-8-9-17-14(18-12)11-6-7-11)19-13(16(21)22)10-4-2-1-3-5-10/h1-5,8-9,11,13H,6-7H2,(H,19,20)(H,21,22). The van der Waals surface area contributed by atoms with Crippen molar-refractivity contribution >= 4 is 11.9 Å². The monoisotopic (exact) mass is 297 g/mol. The lowest BCUT2D eigenvalue weighted by atomic mass is 10.1. The summed E-state index contributed by atoms with van der Waals surface area (Å²) in [5, 5.41) is 11.8. The van der Waals surface area contributed by atoms with Crippen LogP contribution in [0.2, 0.25) is 0 Å². The zero-order valence-electron chi connectivity index (χ0n) is 11.8. The minimum absolute atomic E-state index is 0.194. The highest BCUT2D eigenvalue weighted by Crippen LogP contribution is 2.37. The van der Waals surface area contributed by atoms with E-state index in [2.05, 4.69) is 15.3 Å². The molecule has 1 aliphatic carbocycles. The molecule has 1 aromatic heterocycles. The summed E-state index contributed by atoms with van der Waals surface area (Å²) in [5.41, 5.74) is 0.707. The number of nitrogens with one attached hydrogen (secondary N) is 1. The first-order valence-electron chi connectivity index (χ1n) is 7.06. The number of carboxylic acids is 1. The quantitative estimate of drug-likeness (QED) is 0.879. The van der Waals surface area contributed by atoms with Crippen molar-refractivity contribution in [3.05, 3.63) is 59.7 Å². The summed E-state index contributed by atoms with van der Waals surface area (Å²) in [7, 11) is 0. The number of carboxylic acid groups (broad SMARTS) is 1. The number of nitrogens with zero attached hydrogens (tertiary/aromatic N) is 2. The van der Waals surface area contributed by atoms with Crippen LogP contribution in [0.5, 0.6) is 0 Å². The Morgan fingerprint density at radius 2 is 1.91 bits per heavy atom. The van der Waals surface area contributed by atoms with Gasteiger partial charge in [0.15, 0.2) is 6.04 Å². The van der Waals surface area contributed by atoms with Gasteiger partial charge in [-0.2, -0.15) is 0 Å². The Morgan fingerprint density at radius 3 is 2.55 bits per heavy atom. The van der Waals surface area contributed by atoms with Crippen LogP contribution in [0.1, 0.15) is 46.7 Å². The van der Waals surface area contributed by atoms with Gasteiger partial charge >= 0.3 is 5.97 Å². The van der Waals surface area contributed by atoms with E-state index in [9.17, 15) is 14.7 Å². The van der Waals surface area contributed by atoms with Crippen molar-refractivity contribution in [1.29, 1.82) is 0 Å². The molecule has 1 unspecified atom stereocenters. The van der Waals surface area contributed by atoms with Gasteiger partial charge in [-0.25, -0.2) is 14.8 Å². The van der Waals surface area contributed by atoms with Gasteiger partial charge in [-0.05, 0) is 24.5 Å². The Kier molecular flexibility index (Phi) is 3.82. The lowest BCUT2D eigenvalue weighted by molar-refractivity contribution is -0.139. The van der Waals surface area contributed by atoms with Crippen LogP contribution in [-0.4, -0.2) is 27.0 Å². The molecule has 1 heterocycles. The number of rotatable bonds is 5. The molecular formula is C16H15N3O3. The summed E-state index contributed by atoms with van der Waals surface area (Å²) >= 11 is 0. The molecule has 1 aliphatic rings. The average Bonchev–Trinajstić information content (AvgIpc) is 3.38. The van der Waals surface area contributed by atoms with Crippen LogP contribution >= 0.6 is 0 Å².